The first kappa shape index (κ1) is 14.3. The van der Waals surface area contributed by atoms with Crippen molar-refractivity contribution >= 4 is 5.82 Å². The van der Waals surface area contributed by atoms with Gasteiger partial charge in [0.1, 0.15) is 5.82 Å². The zero-order valence-corrected chi connectivity index (χ0v) is 12.5. The highest BCUT2D eigenvalue weighted by Gasteiger charge is 2.24. The van der Waals surface area contributed by atoms with Gasteiger partial charge in [-0.15, -0.1) is 0 Å². The van der Waals surface area contributed by atoms with E-state index in [-0.39, 0.29) is 0 Å². The van der Waals surface area contributed by atoms with Gasteiger partial charge in [0.2, 0.25) is 0 Å². The van der Waals surface area contributed by atoms with E-state index in [2.05, 4.69) is 48.1 Å². The van der Waals surface area contributed by atoms with Crippen LogP contribution in [-0.2, 0) is 0 Å². The van der Waals surface area contributed by atoms with Crippen molar-refractivity contribution in [3.8, 4) is 0 Å². The Morgan fingerprint density at radius 3 is 3.00 bits per heavy atom. The van der Waals surface area contributed by atoms with Crippen LogP contribution in [0.3, 0.4) is 0 Å². The molecule has 1 atom stereocenters. The lowest BCUT2D eigenvalue weighted by molar-refractivity contribution is 0.157. The maximum absolute atomic E-state index is 4.56. The molecule has 1 aromatic heterocycles. The summed E-state index contributed by atoms with van der Waals surface area (Å²) in [5.41, 5.74) is 1.38. The Kier molecular flexibility index (Phi) is 5.20. The third-order valence-electron chi connectivity index (χ3n) is 3.90. The van der Waals surface area contributed by atoms with Gasteiger partial charge in [-0.3, -0.25) is 4.90 Å². The van der Waals surface area contributed by atoms with E-state index in [1.54, 1.807) is 0 Å². The Morgan fingerprint density at radius 2 is 2.26 bits per heavy atom. The van der Waals surface area contributed by atoms with Gasteiger partial charge in [0, 0.05) is 24.3 Å². The van der Waals surface area contributed by atoms with Crippen LogP contribution in [0.1, 0.15) is 51.6 Å². The summed E-state index contributed by atoms with van der Waals surface area (Å²) in [5, 5.41) is 3.52. The molecule has 0 unspecified atom stereocenters. The number of rotatable bonds is 5. The quantitative estimate of drug-likeness (QED) is 0.876. The normalized spacial score (nSPS) is 20.7. The predicted octanol–water partition coefficient (Wildman–Crippen LogP) is 3.70. The zero-order chi connectivity index (χ0) is 13.7. The Balaban J connectivity index is 2.17. The average molecular weight is 261 g/mol. The summed E-state index contributed by atoms with van der Waals surface area (Å²) in [4.78, 5) is 7.14. The minimum atomic E-state index is 0.544. The summed E-state index contributed by atoms with van der Waals surface area (Å²) in [6, 6.07) is 4.86. The molecule has 1 fully saturated rings. The number of hydrogen-bond donors (Lipinski definition) is 1. The molecule has 19 heavy (non-hydrogen) atoms. The van der Waals surface area contributed by atoms with Crippen LogP contribution in [0.5, 0.6) is 0 Å². The van der Waals surface area contributed by atoms with E-state index in [0.717, 1.165) is 18.9 Å². The van der Waals surface area contributed by atoms with Crippen LogP contribution in [0.4, 0.5) is 5.82 Å². The minimum absolute atomic E-state index is 0.544. The Bertz CT molecular complexity index is 389. The molecule has 1 aliphatic heterocycles. The number of pyridine rings is 1. The Labute approximate surface area is 117 Å². The lowest BCUT2D eigenvalue weighted by Gasteiger charge is -2.35. The van der Waals surface area contributed by atoms with Crippen molar-refractivity contribution in [2.75, 3.05) is 25.0 Å². The number of anilines is 1. The summed E-state index contributed by atoms with van der Waals surface area (Å²) in [5.74, 6) is 1.73. The van der Waals surface area contributed by atoms with Crippen LogP contribution in [-0.4, -0.2) is 29.5 Å². The molecule has 2 rings (SSSR count). The standard InChI is InChI=1S/C16H27N3/c1-4-19-11-6-5-9-15(19)14-8-7-10-17-16(14)18-12-13(2)3/h7-8,10,13,15H,4-6,9,11-12H2,1-3H3,(H,17,18)/t15-/m1/s1. The molecule has 1 aromatic rings. The van der Waals surface area contributed by atoms with Crippen molar-refractivity contribution in [3.63, 3.8) is 0 Å². The van der Waals surface area contributed by atoms with Crippen molar-refractivity contribution < 1.29 is 0 Å². The molecule has 1 saturated heterocycles. The number of aromatic nitrogens is 1. The topological polar surface area (TPSA) is 28.2 Å². The lowest BCUT2D eigenvalue weighted by Crippen LogP contribution is -2.33. The maximum Gasteiger partial charge on any atom is 0.130 e. The molecule has 0 amide bonds. The number of piperidine rings is 1. The van der Waals surface area contributed by atoms with E-state index in [1.807, 2.05) is 6.20 Å². The average Bonchev–Trinajstić information content (AvgIpc) is 2.45. The van der Waals surface area contributed by atoms with Crippen molar-refractivity contribution in [2.45, 2.75) is 46.1 Å². The molecule has 0 aromatic carbocycles. The molecule has 3 nitrogen and oxygen atoms in total. The van der Waals surface area contributed by atoms with Crippen molar-refractivity contribution in [1.82, 2.24) is 9.88 Å². The molecular weight excluding hydrogens is 234 g/mol. The Morgan fingerprint density at radius 1 is 1.42 bits per heavy atom. The van der Waals surface area contributed by atoms with E-state index in [9.17, 15) is 0 Å². The number of nitrogens with zero attached hydrogens (tertiary/aromatic N) is 2. The van der Waals surface area contributed by atoms with Crippen molar-refractivity contribution in [1.29, 1.82) is 0 Å². The van der Waals surface area contributed by atoms with Crippen molar-refractivity contribution in [2.24, 2.45) is 5.92 Å². The number of likely N-dealkylation sites (tertiary alicyclic amines) is 1. The summed E-state index contributed by atoms with van der Waals surface area (Å²) >= 11 is 0. The van der Waals surface area contributed by atoms with Crippen molar-refractivity contribution in [3.05, 3.63) is 23.9 Å². The predicted molar refractivity (Wildman–Crippen MR) is 81.4 cm³/mol. The largest absolute Gasteiger partial charge is 0.370 e. The lowest BCUT2D eigenvalue weighted by atomic mass is 9.95. The zero-order valence-electron chi connectivity index (χ0n) is 12.5. The SMILES string of the molecule is CCN1CCCC[C@@H]1c1cccnc1NCC(C)C. The van der Waals surface area contributed by atoms with Gasteiger partial charge in [-0.05, 0) is 37.9 Å². The molecule has 0 aliphatic carbocycles. The second-order valence-electron chi connectivity index (χ2n) is 5.86. The summed E-state index contributed by atoms with van der Waals surface area (Å²) < 4.78 is 0. The van der Waals surface area contributed by atoms with Crippen LogP contribution in [0.15, 0.2) is 18.3 Å². The highest BCUT2D eigenvalue weighted by molar-refractivity contribution is 5.45. The molecule has 0 saturated carbocycles. The van der Waals surface area contributed by atoms with Gasteiger partial charge in [-0.1, -0.05) is 33.3 Å². The third kappa shape index (κ3) is 3.69. The summed E-state index contributed by atoms with van der Waals surface area (Å²) in [6.45, 7) is 10.1. The van der Waals surface area contributed by atoms with E-state index in [1.165, 1.54) is 31.4 Å². The second kappa shape index (κ2) is 6.90. The smallest absolute Gasteiger partial charge is 0.130 e. The fourth-order valence-corrected chi connectivity index (χ4v) is 2.86. The first-order valence-corrected chi connectivity index (χ1v) is 7.65. The van der Waals surface area contributed by atoms with Gasteiger partial charge in [0.05, 0.1) is 0 Å². The molecule has 106 valence electrons. The van der Waals surface area contributed by atoms with Gasteiger partial charge in [-0.2, -0.15) is 0 Å². The highest BCUT2D eigenvalue weighted by atomic mass is 15.2. The summed E-state index contributed by atoms with van der Waals surface area (Å²) in [6.07, 6.45) is 5.82. The fraction of sp³-hybridized carbons (Fsp3) is 0.688. The monoisotopic (exact) mass is 261 g/mol. The molecule has 0 radical (unpaired) electrons. The molecule has 3 heteroatoms. The van der Waals surface area contributed by atoms with Crippen LogP contribution < -0.4 is 5.32 Å². The first-order chi connectivity index (χ1) is 9.22. The number of nitrogens with one attached hydrogen (secondary N) is 1. The van der Waals surface area contributed by atoms with E-state index in [4.69, 9.17) is 0 Å². The fourth-order valence-electron chi connectivity index (χ4n) is 2.86. The molecule has 1 N–H and O–H groups in total. The molecule has 2 heterocycles. The van der Waals surface area contributed by atoms with Gasteiger partial charge in [0.15, 0.2) is 0 Å². The molecular formula is C16H27N3. The van der Waals surface area contributed by atoms with E-state index < -0.39 is 0 Å². The van der Waals surface area contributed by atoms with Gasteiger partial charge >= 0.3 is 0 Å². The van der Waals surface area contributed by atoms with Crippen LogP contribution in [0.2, 0.25) is 0 Å². The number of hydrogen-bond acceptors (Lipinski definition) is 3. The molecule has 0 spiro atoms. The third-order valence-corrected chi connectivity index (χ3v) is 3.90. The van der Waals surface area contributed by atoms with Crippen LogP contribution in [0.25, 0.3) is 0 Å². The first-order valence-electron chi connectivity index (χ1n) is 7.65. The van der Waals surface area contributed by atoms with Crippen LogP contribution in [0, 0.1) is 5.92 Å². The Hall–Kier alpha value is -1.09. The maximum atomic E-state index is 4.56. The van der Waals surface area contributed by atoms with Gasteiger partial charge in [-0.25, -0.2) is 4.98 Å². The highest BCUT2D eigenvalue weighted by Crippen LogP contribution is 2.33. The second-order valence-corrected chi connectivity index (χ2v) is 5.86. The van der Waals surface area contributed by atoms with Gasteiger partial charge < -0.3 is 5.32 Å². The minimum Gasteiger partial charge on any atom is -0.370 e. The molecule has 1 aliphatic rings. The van der Waals surface area contributed by atoms with E-state index in [0.29, 0.717) is 12.0 Å². The van der Waals surface area contributed by atoms with Gasteiger partial charge in [0.25, 0.3) is 0 Å². The molecule has 0 bridgehead atoms. The van der Waals surface area contributed by atoms with Crippen LogP contribution >= 0.6 is 0 Å². The summed E-state index contributed by atoms with van der Waals surface area (Å²) in [7, 11) is 0. The van der Waals surface area contributed by atoms with E-state index >= 15 is 0 Å².